The lowest BCUT2D eigenvalue weighted by Gasteiger charge is -2.36. The van der Waals surface area contributed by atoms with Crippen molar-refractivity contribution >= 4 is 27.2 Å². The third-order valence-corrected chi connectivity index (χ3v) is 5.63. The van der Waals surface area contributed by atoms with E-state index in [2.05, 4.69) is 39.0 Å². The van der Waals surface area contributed by atoms with E-state index in [1.807, 2.05) is 11.4 Å². The summed E-state index contributed by atoms with van der Waals surface area (Å²) in [6.07, 6.45) is 0. The number of aromatic nitrogens is 2. The number of piperazine rings is 1. The summed E-state index contributed by atoms with van der Waals surface area (Å²) >= 11 is 1.37. The van der Waals surface area contributed by atoms with Gasteiger partial charge in [0.1, 0.15) is 4.70 Å². The van der Waals surface area contributed by atoms with Crippen LogP contribution in [0.5, 0.6) is 0 Å². The van der Waals surface area contributed by atoms with Gasteiger partial charge in [0.2, 0.25) is 0 Å². The SMILES string of the molecule is O=c1[nH]c2ccsc2c(=O)n1CCN1CCN(c2ccccc2)CC1. The Balaban J connectivity index is 1.40. The molecule has 7 heteroatoms. The van der Waals surface area contributed by atoms with Crippen LogP contribution in [0.4, 0.5) is 5.69 Å². The largest absolute Gasteiger partial charge is 0.369 e. The number of hydrogen-bond acceptors (Lipinski definition) is 5. The predicted molar refractivity (Wildman–Crippen MR) is 102 cm³/mol. The topological polar surface area (TPSA) is 61.3 Å². The molecule has 2 aromatic heterocycles. The zero-order valence-corrected chi connectivity index (χ0v) is 14.7. The molecule has 1 aliphatic rings. The Morgan fingerprint density at radius 3 is 2.48 bits per heavy atom. The number of benzene rings is 1. The molecule has 0 atom stereocenters. The molecule has 0 aliphatic carbocycles. The number of anilines is 1. The summed E-state index contributed by atoms with van der Waals surface area (Å²) in [5.74, 6) is 0. The highest BCUT2D eigenvalue weighted by atomic mass is 32.1. The van der Waals surface area contributed by atoms with E-state index in [9.17, 15) is 9.59 Å². The number of nitrogens with zero attached hydrogens (tertiary/aromatic N) is 3. The summed E-state index contributed by atoms with van der Waals surface area (Å²) in [6, 6.07) is 12.2. The van der Waals surface area contributed by atoms with Crippen LogP contribution in [0.1, 0.15) is 0 Å². The van der Waals surface area contributed by atoms with E-state index in [-0.39, 0.29) is 11.2 Å². The standard InChI is InChI=1S/C18H20N4O2S/c23-17-16-15(6-13-25-16)19-18(24)22(17)12-9-20-7-10-21(11-8-20)14-4-2-1-3-5-14/h1-6,13H,7-12H2,(H,19,24). The summed E-state index contributed by atoms with van der Waals surface area (Å²) < 4.78 is 1.94. The average molecular weight is 356 g/mol. The minimum atomic E-state index is -0.321. The van der Waals surface area contributed by atoms with Crippen LogP contribution in [-0.4, -0.2) is 47.2 Å². The van der Waals surface area contributed by atoms with Crippen molar-refractivity contribution in [1.29, 1.82) is 0 Å². The number of thiophene rings is 1. The molecular weight excluding hydrogens is 336 g/mol. The predicted octanol–water partition coefficient (Wildman–Crippen LogP) is 1.57. The Hall–Kier alpha value is -2.38. The highest BCUT2D eigenvalue weighted by Gasteiger charge is 2.17. The second kappa shape index (κ2) is 6.85. The highest BCUT2D eigenvalue weighted by Crippen LogP contribution is 2.15. The maximum atomic E-state index is 12.4. The van der Waals surface area contributed by atoms with Gasteiger partial charge < -0.3 is 9.88 Å². The number of rotatable bonds is 4. The molecule has 1 saturated heterocycles. The second-order valence-electron chi connectivity index (χ2n) is 6.21. The van der Waals surface area contributed by atoms with Crippen LogP contribution in [0.15, 0.2) is 51.4 Å². The van der Waals surface area contributed by atoms with Gasteiger partial charge in [0.05, 0.1) is 5.52 Å². The van der Waals surface area contributed by atoms with Crippen molar-refractivity contribution in [2.45, 2.75) is 6.54 Å². The first kappa shape index (κ1) is 16.1. The molecule has 0 saturated carbocycles. The van der Waals surface area contributed by atoms with E-state index < -0.39 is 0 Å². The van der Waals surface area contributed by atoms with Crippen molar-refractivity contribution in [2.24, 2.45) is 0 Å². The first-order valence-electron chi connectivity index (χ1n) is 8.45. The zero-order chi connectivity index (χ0) is 17.2. The summed E-state index contributed by atoms with van der Waals surface area (Å²) in [6.45, 7) is 4.92. The van der Waals surface area contributed by atoms with Crippen LogP contribution in [0.3, 0.4) is 0 Å². The molecular formula is C18H20N4O2S. The lowest BCUT2D eigenvalue weighted by molar-refractivity contribution is 0.246. The van der Waals surface area contributed by atoms with Gasteiger partial charge in [-0.15, -0.1) is 11.3 Å². The molecule has 0 amide bonds. The molecule has 0 spiro atoms. The second-order valence-corrected chi connectivity index (χ2v) is 7.13. The molecule has 0 unspecified atom stereocenters. The first-order valence-corrected chi connectivity index (χ1v) is 9.33. The number of para-hydroxylation sites is 1. The number of fused-ring (bicyclic) bond motifs is 1. The number of nitrogens with one attached hydrogen (secondary N) is 1. The Bertz CT molecular complexity index is 968. The molecule has 0 bridgehead atoms. The van der Waals surface area contributed by atoms with Crippen LogP contribution >= 0.6 is 11.3 Å². The van der Waals surface area contributed by atoms with E-state index in [4.69, 9.17) is 0 Å². The third-order valence-electron chi connectivity index (χ3n) is 4.72. The fourth-order valence-corrected chi connectivity index (χ4v) is 4.08. The van der Waals surface area contributed by atoms with Gasteiger partial charge >= 0.3 is 5.69 Å². The molecule has 1 aliphatic heterocycles. The lowest BCUT2D eigenvalue weighted by atomic mass is 10.2. The molecule has 130 valence electrons. The normalized spacial score (nSPS) is 15.8. The van der Waals surface area contributed by atoms with Crippen molar-refractivity contribution < 1.29 is 0 Å². The van der Waals surface area contributed by atoms with Crippen molar-refractivity contribution in [1.82, 2.24) is 14.5 Å². The fraction of sp³-hybridized carbons (Fsp3) is 0.333. The van der Waals surface area contributed by atoms with E-state index in [1.54, 1.807) is 6.07 Å². The smallest absolute Gasteiger partial charge is 0.328 e. The van der Waals surface area contributed by atoms with Crippen molar-refractivity contribution in [2.75, 3.05) is 37.6 Å². The Kier molecular flexibility index (Phi) is 4.42. The van der Waals surface area contributed by atoms with Gasteiger partial charge in [-0.25, -0.2) is 4.79 Å². The summed E-state index contributed by atoms with van der Waals surface area (Å²) in [5.41, 5.74) is 1.38. The molecule has 25 heavy (non-hydrogen) atoms. The first-order chi connectivity index (χ1) is 12.2. The Labute approximate surface area is 148 Å². The molecule has 3 heterocycles. The van der Waals surface area contributed by atoms with E-state index in [0.717, 1.165) is 26.2 Å². The molecule has 1 fully saturated rings. The molecule has 1 N–H and O–H groups in total. The van der Waals surface area contributed by atoms with Crippen LogP contribution in [0, 0.1) is 0 Å². The minimum Gasteiger partial charge on any atom is -0.369 e. The van der Waals surface area contributed by atoms with E-state index in [0.29, 0.717) is 23.3 Å². The molecule has 6 nitrogen and oxygen atoms in total. The average Bonchev–Trinajstić information content (AvgIpc) is 3.11. The van der Waals surface area contributed by atoms with Crippen LogP contribution in [-0.2, 0) is 6.54 Å². The molecule has 3 aromatic rings. The molecule has 0 radical (unpaired) electrons. The number of aromatic amines is 1. The van der Waals surface area contributed by atoms with E-state index >= 15 is 0 Å². The molecule has 1 aromatic carbocycles. The van der Waals surface area contributed by atoms with Gasteiger partial charge in [0.15, 0.2) is 0 Å². The minimum absolute atomic E-state index is 0.184. The van der Waals surface area contributed by atoms with Crippen molar-refractivity contribution in [3.63, 3.8) is 0 Å². The van der Waals surface area contributed by atoms with Gasteiger partial charge in [-0.1, -0.05) is 18.2 Å². The van der Waals surface area contributed by atoms with E-state index in [1.165, 1.54) is 21.6 Å². The third kappa shape index (κ3) is 3.25. The highest BCUT2D eigenvalue weighted by molar-refractivity contribution is 7.17. The van der Waals surface area contributed by atoms with Gasteiger partial charge in [0, 0.05) is 45.0 Å². The summed E-state index contributed by atoms with van der Waals surface area (Å²) in [7, 11) is 0. The fourth-order valence-electron chi connectivity index (χ4n) is 3.28. The number of H-pyrrole nitrogens is 1. The molecule has 4 rings (SSSR count). The monoisotopic (exact) mass is 356 g/mol. The van der Waals surface area contributed by atoms with Gasteiger partial charge in [0.25, 0.3) is 5.56 Å². The van der Waals surface area contributed by atoms with Crippen molar-refractivity contribution in [3.05, 3.63) is 62.6 Å². The maximum absolute atomic E-state index is 12.4. The van der Waals surface area contributed by atoms with Crippen LogP contribution in [0.2, 0.25) is 0 Å². The number of hydrogen-bond donors (Lipinski definition) is 1. The van der Waals surface area contributed by atoms with Crippen molar-refractivity contribution in [3.8, 4) is 0 Å². The Morgan fingerprint density at radius 2 is 1.72 bits per heavy atom. The maximum Gasteiger partial charge on any atom is 0.328 e. The van der Waals surface area contributed by atoms with Gasteiger partial charge in [-0.05, 0) is 23.6 Å². The van der Waals surface area contributed by atoms with Crippen LogP contribution in [0.25, 0.3) is 10.2 Å². The zero-order valence-electron chi connectivity index (χ0n) is 13.9. The quantitative estimate of drug-likeness (QED) is 0.771. The Morgan fingerprint density at radius 1 is 0.960 bits per heavy atom. The summed E-state index contributed by atoms with van der Waals surface area (Å²) in [4.78, 5) is 32.1. The van der Waals surface area contributed by atoms with Gasteiger partial charge in [-0.3, -0.25) is 14.3 Å². The van der Waals surface area contributed by atoms with Gasteiger partial charge in [-0.2, -0.15) is 0 Å². The van der Waals surface area contributed by atoms with Crippen LogP contribution < -0.4 is 16.1 Å². The summed E-state index contributed by atoms with van der Waals surface area (Å²) in [5, 5.41) is 1.83. The lowest BCUT2D eigenvalue weighted by Crippen LogP contribution is -2.48.